The Morgan fingerprint density at radius 1 is 0.931 bits per heavy atom. The van der Waals surface area contributed by atoms with E-state index in [4.69, 9.17) is 0 Å². The van der Waals surface area contributed by atoms with Gasteiger partial charge in [-0.3, -0.25) is 9.69 Å². The second-order valence-corrected chi connectivity index (χ2v) is 11.3. The first kappa shape index (κ1) is 22.2. The number of hydrogen-bond donors (Lipinski definition) is 0. The van der Waals surface area contributed by atoms with E-state index in [0.717, 1.165) is 42.7 Å². The van der Waals surface area contributed by atoms with Gasteiger partial charge in [-0.15, -0.1) is 0 Å². The summed E-state index contributed by atoms with van der Waals surface area (Å²) in [4.78, 5) is 16.4. The highest BCUT2D eigenvalue weighted by Gasteiger charge is 2.32. The van der Waals surface area contributed by atoms with Crippen molar-refractivity contribution in [2.24, 2.45) is 0 Å². The Bertz CT molecular complexity index is 843. The van der Waals surface area contributed by atoms with Crippen LogP contribution in [0.15, 0.2) is 17.0 Å². The van der Waals surface area contributed by atoms with Crippen LogP contribution in [0.25, 0.3) is 0 Å². The van der Waals surface area contributed by atoms with E-state index in [1.807, 2.05) is 30.9 Å². The molecule has 2 heterocycles. The zero-order valence-corrected chi connectivity index (χ0v) is 19.3. The number of piperazine rings is 1. The van der Waals surface area contributed by atoms with Gasteiger partial charge in [0.05, 0.1) is 4.90 Å². The van der Waals surface area contributed by atoms with Crippen molar-refractivity contribution in [3.63, 3.8) is 0 Å². The number of aryl methyl sites for hydroxylation is 2. The van der Waals surface area contributed by atoms with Crippen LogP contribution in [0.5, 0.6) is 0 Å². The second-order valence-electron chi connectivity index (χ2n) is 9.42. The molecular formula is C22H35N3O3S. The SMILES string of the molecule is Cc1cc(C(C)(C)C)cc(C)c1S(=O)(=O)N1CCN(CCN2CCCC2=O)CC1. The number of amides is 1. The van der Waals surface area contributed by atoms with E-state index in [9.17, 15) is 13.2 Å². The molecule has 2 aliphatic rings. The first-order valence-corrected chi connectivity index (χ1v) is 12.1. The zero-order chi connectivity index (χ0) is 21.4. The van der Waals surface area contributed by atoms with Gasteiger partial charge in [-0.25, -0.2) is 8.42 Å². The molecule has 6 nitrogen and oxygen atoms in total. The summed E-state index contributed by atoms with van der Waals surface area (Å²) in [6.45, 7) is 15.1. The monoisotopic (exact) mass is 421 g/mol. The minimum absolute atomic E-state index is 0.0137. The first-order chi connectivity index (χ1) is 13.5. The van der Waals surface area contributed by atoms with Crippen molar-refractivity contribution in [1.29, 1.82) is 0 Å². The van der Waals surface area contributed by atoms with Crippen LogP contribution in [0.4, 0.5) is 0 Å². The van der Waals surface area contributed by atoms with Crippen LogP contribution in [0.2, 0.25) is 0 Å². The molecule has 3 rings (SSSR count). The summed E-state index contributed by atoms with van der Waals surface area (Å²) in [5.41, 5.74) is 2.79. The fraction of sp³-hybridized carbons (Fsp3) is 0.682. The lowest BCUT2D eigenvalue weighted by atomic mass is 9.85. The molecule has 0 aliphatic carbocycles. The normalized spacial score (nSPS) is 19.9. The summed E-state index contributed by atoms with van der Waals surface area (Å²) in [5.74, 6) is 0.246. The number of hydrogen-bond acceptors (Lipinski definition) is 4. The Kier molecular flexibility index (Phi) is 6.41. The largest absolute Gasteiger partial charge is 0.341 e. The molecule has 0 unspecified atom stereocenters. The summed E-state index contributed by atoms with van der Waals surface area (Å²) in [5, 5.41) is 0. The summed E-state index contributed by atoms with van der Waals surface area (Å²) < 4.78 is 28.3. The highest BCUT2D eigenvalue weighted by Crippen LogP contribution is 2.31. The lowest BCUT2D eigenvalue weighted by Gasteiger charge is -2.35. The average molecular weight is 422 g/mol. The van der Waals surface area contributed by atoms with Gasteiger partial charge in [0.25, 0.3) is 0 Å². The third-order valence-corrected chi connectivity index (χ3v) is 8.32. The molecule has 1 aromatic rings. The topological polar surface area (TPSA) is 60.9 Å². The maximum atomic E-state index is 13.4. The third-order valence-electron chi connectivity index (χ3n) is 6.11. The van der Waals surface area contributed by atoms with Crippen LogP contribution in [0.1, 0.15) is 50.3 Å². The molecule has 0 bridgehead atoms. The standard InChI is InChI=1S/C22H35N3O3S/c1-17-15-19(22(3,4)5)16-18(2)21(17)29(27,28)25-13-10-23(11-14-25)9-12-24-8-6-7-20(24)26/h15-16H,6-14H2,1-5H3. The van der Waals surface area contributed by atoms with Crippen molar-refractivity contribution in [3.05, 3.63) is 28.8 Å². The molecule has 2 saturated heterocycles. The lowest BCUT2D eigenvalue weighted by Crippen LogP contribution is -2.50. The molecule has 1 amide bonds. The Morgan fingerprint density at radius 3 is 2.00 bits per heavy atom. The fourth-order valence-corrected chi connectivity index (χ4v) is 6.15. The Hall–Kier alpha value is -1.44. The van der Waals surface area contributed by atoms with Crippen LogP contribution in [-0.2, 0) is 20.2 Å². The smallest absolute Gasteiger partial charge is 0.243 e. The molecule has 7 heteroatoms. The highest BCUT2D eigenvalue weighted by molar-refractivity contribution is 7.89. The summed E-state index contributed by atoms with van der Waals surface area (Å²) in [7, 11) is -3.51. The zero-order valence-electron chi connectivity index (χ0n) is 18.5. The van der Waals surface area contributed by atoms with Gasteiger partial charge >= 0.3 is 0 Å². The average Bonchev–Trinajstić information content (AvgIpc) is 3.03. The number of benzene rings is 1. The van der Waals surface area contributed by atoms with E-state index in [1.165, 1.54) is 0 Å². The van der Waals surface area contributed by atoms with Crippen molar-refractivity contribution in [2.45, 2.75) is 57.8 Å². The van der Waals surface area contributed by atoms with Crippen molar-refractivity contribution in [3.8, 4) is 0 Å². The number of carbonyl (C=O) groups is 1. The number of likely N-dealkylation sites (tertiary alicyclic amines) is 1. The molecule has 29 heavy (non-hydrogen) atoms. The van der Waals surface area contributed by atoms with Crippen molar-refractivity contribution in [1.82, 2.24) is 14.1 Å². The molecule has 0 radical (unpaired) electrons. The van der Waals surface area contributed by atoms with Crippen LogP contribution in [0.3, 0.4) is 0 Å². The molecular weight excluding hydrogens is 386 g/mol. The van der Waals surface area contributed by atoms with E-state index in [2.05, 4.69) is 25.7 Å². The van der Waals surface area contributed by atoms with Crippen LogP contribution < -0.4 is 0 Å². The summed E-state index contributed by atoms with van der Waals surface area (Å²) in [6, 6.07) is 4.03. The van der Waals surface area contributed by atoms with Crippen molar-refractivity contribution in [2.75, 3.05) is 45.8 Å². The number of rotatable bonds is 5. The molecule has 0 aromatic heterocycles. The van der Waals surface area contributed by atoms with E-state index >= 15 is 0 Å². The number of nitrogens with zero attached hydrogens (tertiary/aromatic N) is 3. The van der Waals surface area contributed by atoms with Gasteiger partial charge in [-0.2, -0.15) is 4.31 Å². The Balaban J connectivity index is 1.66. The molecule has 2 fully saturated rings. The number of carbonyl (C=O) groups excluding carboxylic acids is 1. The maximum Gasteiger partial charge on any atom is 0.243 e. The van der Waals surface area contributed by atoms with Crippen LogP contribution in [0, 0.1) is 13.8 Å². The fourth-order valence-electron chi connectivity index (χ4n) is 4.32. The van der Waals surface area contributed by atoms with E-state index in [0.29, 0.717) is 37.5 Å². The molecule has 1 aromatic carbocycles. The van der Waals surface area contributed by atoms with Gasteiger partial charge in [0.1, 0.15) is 0 Å². The minimum Gasteiger partial charge on any atom is -0.341 e. The van der Waals surface area contributed by atoms with Gasteiger partial charge in [0, 0.05) is 52.2 Å². The van der Waals surface area contributed by atoms with Crippen molar-refractivity contribution >= 4 is 15.9 Å². The first-order valence-electron chi connectivity index (χ1n) is 10.6. The minimum atomic E-state index is -3.51. The Labute approximate surface area is 175 Å². The van der Waals surface area contributed by atoms with Gasteiger partial charge in [-0.1, -0.05) is 32.9 Å². The van der Waals surface area contributed by atoms with Gasteiger partial charge in [0.15, 0.2) is 0 Å². The van der Waals surface area contributed by atoms with Crippen molar-refractivity contribution < 1.29 is 13.2 Å². The third kappa shape index (κ3) is 4.84. The highest BCUT2D eigenvalue weighted by atomic mass is 32.2. The van der Waals surface area contributed by atoms with Gasteiger partial charge in [-0.05, 0) is 42.4 Å². The molecule has 0 N–H and O–H groups in total. The predicted molar refractivity (Wildman–Crippen MR) is 116 cm³/mol. The summed E-state index contributed by atoms with van der Waals surface area (Å²) >= 11 is 0. The summed E-state index contributed by atoms with van der Waals surface area (Å²) in [6.07, 6.45) is 1.62. The van der Waals surface area contributed by atoms with Crippen LogP contribution in [-0.4, -0.2) is 74.2 Å². The van der Waals surface area contributed by atoms with Crippen LogP contribution >= 0.6 is 0 Å². The predicted octanol–water partition coefficient (Wildman–Crippen LogP) is 2.53. The quantitative estimate of drug-likeness (QED) is 0.733. The molecule has 0 spiro atoms. The van der Waals surface area contributed by atoms with Gasteiger partial charge < -0.3 is 4.90 Å². The van der Waals surface area contributed by atoms with Gasteiger partial charge in [0.2, 0.25) is 15.9 Å². The van der Waals surface area contributed by atoms with E-state index in [-0.39, 0.29) is 11.3 Å². The van der Waals surface area contributed by atoms with E-state index in [1.54, 1.807) is 4.31 Å². The molecule has 162 valence electrons. The lowest BCUT2D eigenvalue weighted by molar-refractivity contribution is -0.127. The van der Waals surface area contributed by atoms with E-state index < -0.39 is 10.0 Å². The maximum absolute atomic E-state index is 13.4. The second kappa shape index (κ2) is 8.36. The molecule has 0 saturated carbocycles. The molecule has 0 atom stereocenters. The molecule has 2 aliphatic heterocycles. The Morgan fingerprint density at radius 2 is 1.52 bits per heavy atom. The number of sulfonamides is 1.